The van der Waals surface area contributed by atoms with Crippen LogP contribution in [0.4, 0.5) is 0 Å². The summed E-state index contributed by atoms with van der Waals surface area (Å²) in [6, 6.07) is 10.0. The van der Waals surface area contributed by atoms with Crippen molar-refractivity contribution in [1.29, 1.82) is 0 Å². The monoisotopic (exact) mass is 290 g/mol. The lowest BCUT2D eigenvalue weighted by molar-refractivity contribution is 0.228. The van der Waals surface area contributed by atoms with Crippen molar-refractivity contribution in [3.8, 4) is 5.75 Å². The standard InChI is InChI=1S/C18H30N2O/c1-14(2)20-11-6-8-17(10-12-20)19-15(3)16-7-5-9-18(13-16)21-4/h5,7,9,13-15,17,19H,6,8,10-12H2,1-4H3/t15-,17?/m0/s1. The minimum atomic E-state index is 0.371. The first-order valence-electron chi connectivity index (χ1n) is 8.24. The molecule has 21 heavy (non-hydrogen) atoms. The number of nitrogens with zero attached hydrogens (tertiary/aromatic N) is 1. The van der Waals surface area contributed by atoms with Crippen molar-refractivity contribution in [3.63, 3.8) is 0 Å². The van der Waals surface area contributed by atoms with Gasteiger partial charge in [0.05, 0.1) is 7.11 Å². The number of hydrogen-bond acceptors (Lipinski definition) is 3. The van der Waals surface area contributed by atoms with Crippen LogP contribution in [-0.2, 0) is 0 Å². The maximum absolute atomic E-state index is 5.32. The van der Waals surface area contributed by atoms with Gasteiger partial charge in [-0.1, -0.05) is 12.1 Å². The summed E-state index contributed by atoms with van der Waals surface area (Å²) in [5, 5.41) is 3.80. The third-order valence-corrected chi connectivity index (χ3v) is 4.57. The second-order valence-electron chi connectivity index (χ2n) is 6.42. The summed E-state index contributed by atoms with van der Waals surface area (Å²) >= 11 is 0. The van der Waals surface area contributed by atoms with Gasteiger partial charge in [0.1, 0.15) is 5.75 Å². The molecule has 3 nitrogen and oxygen atoms in total. The Bertz CT molecular complexity index is 433. The topological polar surface area (TPSA) is 24.5 Å². The zero-order valence-corrected chi connectivity index (χ0v) is 13.9. The summed E-state index contributed by atoms with van der Waals surface area (Å²) < 4.78 is 5.32. The molecule has 0 saturated carbocycles. The number of benzene rings is 1. The molecule has 0 bridgehead atoms. The van der Waals surface area contributed by atoms with Crippen LogP contribution in [0.15, 0.2) is 24.3 Å². The first kappa shape index (κ1) is 16.3. The van der Waals surface area contributed by atoms with Crippen LogP contribution in [-0.4, -0.2) is 37.2 Å². The van der Waals surface area contributed by atoms with Gasteiger partial charge in [-0.05, 0) is 70.8 Å². The number of likely N-dealkylation sites (tertiary alicyclic amines) is 1. The fraction of sp³-hybridized carbons (Fsp3) is 0.667. The molecule has 1 heterocycles. The van der Waals surface area contributed by atoms with Gasteiger partial charge in [-0.15, -0.1) is 0 Å². The van der Waals surface area contributed by atoms with Crippen LogP contribution in [0.3, 0.4) is 0 Å². The maximum Gasteiger partial charge on any atom is 0.119 e. The van der Waals surface area contributed by atoms with Crippen LogP contribution < -0.4 is 10.1 Å². The highest BCUT2D eigenvalue weighted by Gasteiger charge is 2.20. The normalized spacial score (nSPS) is 22.0. The molecule has 1 unspecified atom stereocenters. The highest BCUT2D eigenvalue weighted by Crippen LogP contribution is 2.21. The SMILES string of the molecule is COc1cccc([C@H](C)NC2CCCN(C(C)C)CC2)c1. The number of rotatable bonds is 5. The molecule has 0 aliphatic carbocycles. The lowest BCUT2D eigenvalue weighted by Gasteiger charge is -2.25. The number of methoxy groups -OCH3 is 1. The zero-order chi connectivity index (χ0) is 15.2. The quantitative estimate of drug-likeness (QED) is 0.896. The average molecular weight is 290 g/mol. The highest BCUT2D eigenvalue weighted by molar-refractivity contribution is 5.30. The van der Waals surface area contributed by atoms with Crippen molar-refractivity contribution < 1.29 is 4.74 Å². The van der Waals surface area contributed by atoms with Gasteiger partial charge in [0.25, 0.3) is 0 Å². The molecular formula is C18H30N2O. The van der Waals surface area contributed by atoms with Gasteiger partial charge in [-0.2, -0.15) is 0 Å². The van der Waals surface area contributed by atoms with E-state index in [0.717, 1.165) is 5.75 Å². The van der Waals surface area contributed by atoms with Crippen molar-refractivity contribution in [2.75, 3.05) is 20.2 Å². The van der Waals surface area contributed by atoms with Gasteiger partial charge in [0.15, 0.2) is 0 Å². The Morgan fingerprint density at radius 2 is 2.00 bits per heavy atom. The second kappa shape index (κ2) is 7.81. The Labute approximate surface area is 129 Å². The number of ether oxygens (including phenoxy) is 1. The van der Waals surface area contributed by atoms with Gasteiger partial charge in [0, 0.05) is 18.1 Å². The zero-order valence-electron chi connectivity index (χ0n) is 13.9. The molecule has 1 aromatic rings. The predicted molar refractivity (Wildman–Crippen MR) is 88.9 cm³/mol. The molecule has 0 amide bonds. The van der Waals surface area contributed by atoms with Crippen LogP contribution in [0.25, 0.3) is 0 Å². The highest BCUT2D eigenvalue weighted by atomic mass is 16.5. The lowest BCUT2D eigenvalue weighted by atomic mass is 10.0. The Hall–Kier alpha value is -1.06. The average Bonchev–Trinajstić information content (AvgIpc) is 2.73. The van der Waals surface area contributed by atoms with Gasteiger partial charge in [-0.3, -0.25) is 0 Å². The van der Waals surface area contributed by atoms with E-state index in [1.165, 1.54) is 37.9 Å². The summed E-state index contributed by atoms with van der Waals surface area (Å²) in [6.45, 7) is 9.29. The van der Waals surface area contributed by atoms with E-state index >= 15 is 0 Å². The van der Waals surface area contributed by atoms with E-state index < -0.39 is 0 Å². The van der Waals surface area contributed by atoms with Gasteiger partial charge in [-0.25, -0.2) is 0 Å². The molecule has 1 saturated heterocycles. The number of hydrogen-bond donors (Lipinski definition) is 1. The molecular weight excluding hydrogens is 260 g/mol. The third kappa shape index (κ3) is 4.72. The molecule has 1 aromatic carbocycles. The summed E-state index contributed by atoms with van der Waals surface area (Å²) in [5.41, 5.74) is 1.30. The molecule has 1 fully saturated rings. The minimum Gasteiger partial charge on any atom is -0.497 e. The van der Waals surface area contributed by atoms with E-state index in [1.807, 2.05) is 6.07 Å². The predicted octanol–water partition coefficient (Wildman–Crippen LogP) is 3.61. The van der Waals surface area contributed by atoms with E-state index in [-0.39, 0.29) is 0 Å². The van der Waals surface area contributed by atoms with Crippen molar-refractivity contribution in [1.82, 2.24) is 10.2 Å². The van der Waals surface area contributed by atoms with E-state index in [9.17, 15) is 0 Å². The first-order valence-corrected chi connectivity index (χ1v) is 8.24. The van der Waals surface area contributed by atoms with Crippen LogP contribution in [0, 0.1) is 0 Å². The number of nitrogens with one attached hydrogen (secondary N) is 1. The van der Waals surface area contributed by atoms with E-state index in [1.54, 1.807) is 7.11 Å². The molecule has 118 valence electrons. The van der Waals surface area contributed by atoms with Crippen LogP contribution in [0.5, 0.6) is 5.75 Å². The third-order valence-electron chi connectivity index (χ3n) is 4.57. The molecule has 3 heteroatoms. The second-order valence-corrected chi connectivity index (χ2v) is 6.42. The van der Waals surface area contributed by atoms with E-state index in [4.69, 9.17) is 4.74 Å². The smallest absolute Gasteiger partial charge is 0.119 e. The lowest BCUT2D eigenvalue weighted by Crippen LogP contribution is -2.34. The largest absolute Gasteiger partial charge is 0.497 e. The van der Waals surface area contributed by atoms with Crippen molar-refractivity contribution in [2.24, 2.45) is 0 Å². The Kier molecular flexibility index (Phi) is 6.07. The Morgan fingerprint density at radius 3 is 2.71 bits per heavy atom. The fourth-order valence-electron chi connectivity index (χ4n) is 3.16. The maximum atomic E-state index is 5.32. The van der Waals surface area contributed by atoms with E-state index in [0.29, 0.717) is 18.1 Å². The van der Waals surface area contributed by atoms with Crippen molar-refractivity contribution in [2.45, 2.75) is 58.2 Å². The molecule has 1 N–H and O–H groups in total. The Balaban J connectivity index is 1.91. The van der Waals surface area contributed by atoms with Gasteiger partial charge < -0.3 is 15.0 Å². The Morgan fingerprint density at radius 1 is 1.19 bits per heavy atom. The van der Waals surface area contributed by atoms with Crippen LogP contribution >= 0.6 is 0 Å². The van der Waals surface area contributed by atoms with Crippen molar-refractivity contribution >= 4 is 0 Å². The van der Waals surface area contributed by atoms with Gasteiger partial charge in [0.2, 0.25) is 0 Å². The minimum absolute atomic E-state index is 0.371. The summed E-state index contributed by atoms with van der Waals surface area (Å²) in [6.07, 6.45) is 3.81. The molecule has 2 rings (SSSR count). The van der Waals surface area contributed by atoms with Crippen LogP contribution in [0.1, 0.15) is 51.6 Å². The van der Waals surface area contributed by atoms with Crippen molar-refractivity contribution in [3.05, 3.63) is 29.8 Å². The van der Waals surface area contributed by atoms with Crippen LogP contribution in [0.2, 0.25) is 0 Å². The fourth-order valence-corrected chi connectivity index (χ4v) is 3.16. The summed E-state index contributed by atoms with van der Waals surface area (Å²) in [5.74, 6) is 0.938. The first-order chi connectivity index (χ1) is 10.1. The molecule has 1 aliphatic heterocycles. The van der Waals surface area contributed by atoms with Gasteiger partial charge >= 0.3 is 0 Å². The molecule has 1 aliphatic rings. The van der Waals surface area contributed by atoms with E-state index in [2.05, 4.69) is 49.2 Å². The molecule has 0 radical (unpaired) electrons. The summed E-state index contributed by atoms with van der Waals surface area (Å²) in [4.78, 5) is 2.60. The molecule has 0 aromatic heterocycles. The summed E-state index contributed by atoms with van der Waals surface area (Å²) in [7, 11) is 1.73. The molecule has 2 atom stereocenters. The molecule has 0 spiro atoms.